The van der Waals surface area contributed by atoms with Gasteiger partial charge in [-0.3, -0.25) is 14.8 Å². The summed E-state index contributed by atoms with van der Waals surface area (Å²) in [7, 11) is 0. The Labute approximate surface area is 199 Å². The molecule has 0 atom stereocenters. The number of nitrogens with zero attached hydrogens (tertiary/aromatic N) is 3. The Hall–Kier alpha value is 0.230. The maximum absolute atomic E-state index is 5.43. The number of thioether (sulfide) groups is 1. The highest BCUT2D eigenvalue weighted by molar-refractivity contribution is 14.0. The van der Waals surface area contributed by atoms with Crippen LogP contribution in [0.5, 0.6) is 0 Å². The lowest BCUT2D eigenvalue weighted by atomic mass is 9.80. The number of rotatable bonds is 8. The minimum atomic E-state index is 0. The number of ether oxygens (including phenoxy) is 1. The quantitative estimate of drug-likeness (QED) is 0.214. The first kappa shape index (κ1) is 25.5. The zero-order valence-corrected chi connectivity index (χ0v) is 21.4. The van der Waals surface area contributed by atoms with E-state index in [9.17, 15) is 0 Å². The molecule has 3 rings (SSSR count). The van der Waals surface area contributed by atoms with Gasteiger partial charge in [0.2, 0.25) is 0 Å². The highest BCUT2D eigenvalue weighted by Crippen LogP contribution is 2.35. The molecule has 3 aliphatic rings. The summed E-state index contributed by atoms with van der Waals surface area (Å²) in [6, 6.07) is 0. The van der Waals surface area contributed by atoms with E-state index in [-0.39, 0.29) is 24.0 Å². The van der Waals surface area contributed by atoms with Gasteiger partial charge in [0.15, 0.2) is 5.96 Å². The third kappa shape index (κ3) is 8.35. The largest absolute Gasteiger partial charge is 0.379 e. The van der Waals surface area contributed by atoms with Crippen LogP contribution >= 0.6 is 35.7 Å². The van der Waals surface area contributed by atoms with E-state index in [2.05, 4.69) is 39.1 Å². The van der Waals surface area contributed by atoms with Crippen LogP contribution in [0, 0.1) is 0 Å². The van der Waals surface area contributed by atoms with Crippen molar-refractivity contribution in [2.75, 3.05) is 77.1 Å². The molecule has 8 heteroatoms. The average molecular weight is 540 g/mol. The smallest absolute Gasteiger partial charge is 0.191 e. The first-order valence-corrected chi connectivity index (χ1v) is 12.6. The van der Waals surface area contributed by atoms with Crippen LogP contribution < -0.4 is 10.6 Å². The Morgan fingerprint density at radius 3 is 2.45 bits per heavy atom. The molecule has 2 heterocycles. The number of guanidine groups is 1. The van der Waals surface area contributed by atoms with Gasteiger partial charge in [0.25, 0.3) is 0 Å². The Morgan fingerprint density at radius 2 is 1.76 bits per heavy atom. The van der Waals surface area contributed by atoms with Crippen LogP contribution in [0.1, 0.15) is 45.4 Å². The summed E-state index contributed by atoms with van der Waals surface area (Å²) in [5.41, 5.74) is 0.301. The van der Waals surface area contributed by atoms with Crippen LogP contribution in [0.25, 0.3) is 0 Å². The first-order valence-electron chi connectivity index (χ1n) is 11.5. The van der Waals surface area contributed by atoms with Gasteiger partial charge in [0, 0.05) is 56.3 Å². The monoisotopic (exact) mass is 539 g/mol. The van der Waals surface area contributed by atoms with Gasteiger partial charge in [-0.2, -0.15) is 11.8 Å². The molecule has 0 aromatic heterocycles. The van der Waals surface area contributed by atoms with E-state index in [0.717, 1.165) is 64.9 Å². The van der Waals surface area contributed by atoms with Gasteiger partial charge in [-0.15, -0.1) is 24.0 Å². The van der Waals surface area contributed by atoms with Gasteiger partial charge in [-0.1, -0.05) is 19.3 Å². The van der Waals surface area contributed by atoms with Gasteiger partial charge in [0.1, 0.15) is 0 Å². The van der Waals surface area contributed by atoms with Crippen molar-refractivity contribution in [3.63, 3.8) is 0 Å². The minimum absolute atomic E-state index is 0. The zero-order valence-electron chi connectivity index (χ0n) is 18.3. The molecule has 2 aliphatic heterocycles. The molecule has 0 spiro atoms. The normalized spacial score (nSPS) is 24.0. The molecule has 0 radical (unpaired) electrons. The predicted molar refractivity (Wildman–Crippen MR) is 136 cm³/mol. The highest BCUT2D eigenvalue weighted by atomic mass is 127. The second-order valence-corrected chi connectivity index (χ2v) is 9.54. The number of hydrogen-bond acceptors (Lipinski definition) is 5. The molecule has 170 valence electrons. The number of morpholine rings is 1. The minimum Gasteiger partial charge on any atom is -0.379 e. The van der Waals surface area contributed by atoms with Gasteiger partial charge < -0.3 is 15.4 Å². The Kier molecular flexibility index (Phi) is 12.6. The van der Waals surface area contributed by atoms with Crippen LogP contribution in [0.4, 0.5) is 0 Å². The van der Waals surface area contributed by atoms with E-state index in [4.69, 9.17) is 9.73 Å². The molecule has 0 amide bonds. The van der Waals surface area contributed by atoms with Crippen molar-refractivity contribution >= 4 is 41.7 Å². The first-order chi connectivity index (χ1) is 13.8. The van der Waals surface area contributed by atoms with Gasteiger partial charge >= 0.3 is 0 Å². The van der Waals surface area contributed by atoms with Crippen molar-refractivity contribution in [1.29, 1.82) is 0 Å². The molecule has 6 nitrogen and oxygen atoms in total. The summed E-state index contributed by atoms with van der Waals surface area (Å²) in [4.78, 5) is 10.4. The summed E-state index contributed by atoms with van der Waals surface area (Å²) in [6.07, 6.45) is 7.91. The standard InChI is InChI=1S/C21H41N5OS.HI/c1-2-22-20(23-9-6-10-25-11-15-27-16-12-25)24-19-21(7-4-3-5-8-21)26-13-17-28-18-14-26;/h2-19H2,1H3,(H2,22,23,24);1H. The fraction of sp³-hybridized carbons (Fsp3) is 0.952. The van der Waals surface area contributed by atoms with Crippen molar-refractivity contribution in [1.82, 2.24) is 20.4 Å². The van der Waals surface area contributed by atoms with Crippen molar-refractivity contribution < 1.29 is 4.74 Å². The fourth-order valence-electron chi connectivity index (χ4n) is 4.72. The molecule has 3 fully saturated rings. The van der Waals surface area contributed by atoms with E-state index in [1.807, 2.05) is 0 Å². The third-order valence-corrected chi connectivity index (χ3v) is 7.33. The lowest BCUT2D eigenvalue weighted by Crippen LogP contribution is -2.55. The second kappa shape index (κ2) is 14.3. The number of hydrogen-bond donors (Lipinski definition) is 2. The molecule has 0 unspecified atom stereocenters. The van der Waals surface area contributed by atoms with Crippen molar-refractivity contribution in [2.24, 2.45) is 4.99 Å². The maximum atomic E-state index is 5.43. The van der Waals surface area contributed by atoms with Crippen LogP contribution in [-0.4, -0.2) is 98.4 Å². The summed E-state index contributed by atoms with van der Waals surface area (Å²) >= 11 is 2.11. The summed E-state index contributed by atoms with van der Waals surface area (Å²) < 4.78 is 5.43. The summed E-state index contributed by atoms with van der Waals surface area (Å²) in [5, 5.41) is 7.04. The molecule has 2 N–H and O–H groups in total. The number of nitrogens with one attached hydrogen (secondary N) is 2. The Morgan fingerprint density at radius 1 is 1.03 bits per heavy atom. The Balaban J connectivity index is 0.00000300. The number of halogens is 1. The molecule has 1 aliphatic carbocycles. The predicted octanol–water partition coefficient (Wildman–Crippen LogP) is 2.63. The molecule has 2 saturated heterocycles. The SMILES string of the molecule is CCNC(=NCC1(N2CCSCC2)CCCCC1)NCCCN1CCOCC1.I. The summed E-state index contributed by atoms with van der Waals surface area (Å²) in [5.74, 6) is 3.57. The molecular weight excluding hydrogens is 497 g/mol. The van der Waals surface area contributed by atoms with E-state index in [1.54, 1.807) is 0 Å². The van der Waals surface area contributed by atoms with Crippen LogP contribution in [0.15, 0.2) is 4.99 Å². The lowest BCUT2D eigenvalue weighted by Gasteiger charge is -2.47. The third-order valence-electron chi connectivity index (χ3n) is 6.39. The van der Waals surface area contributed by atoms with E-state index < -0.39 is 0 Å². The summed E-state index contributed by atoms with van der Waals surface area (Å²) in [6.45, 7) is 12.5. The Bertz CT molecular complexity index is 464. The average Bonchev–Trinajstić information content (AvgIpc) is 2.77. The van der Waals surface area contributed by atoms with Crippen LogP contribution in [0.2, 0.25) is 0 Å². The molecule has 0 aromatic carbocycles. The number of aliphatic imine (C=N–C) groups is 1. The van der Waals surface area contributed by atoms with E-state index in [1.165, 1.54) is 56.7 Å². The van der Waals surface area contributed by atoms with Crippen LogP contribution in [-0.2, 0) is 4.74 Å². The van der Waals surface area contributed by atoms with Gasteiger partial charge in [-0.25, -0.2) is 0 Å². The van der Waals surface area contributed by atoms with E-state index >= 15 is 0 Å². The van der Waals surface area contributed by atoms with E-state index in [0.29, 0.717) is 5.54 Å². The van der Waals surface area contributed by atoms with Crippen molar-refractivity contribution in [3.05, 3.63) is 0 Å². The van der Waals surface area contributed by atoms with Gasteiger partial charge in [-0.05, 0) is 32.7 Å². The zero-order chi connectivity index (χ0) is 19.5. The van der Waals surface area contributed by atoms with Crippen LogP contribution in [0.3, 0.4) is 0 Å². The van der Waals surface area contributed by atoms with Crippen molar-refractivity contribution in [3.8, 4) is 0 Å². The molecule has 0 aromatic rings. The topological polar surface area (TPSA) is 52.1 Å². The molecule has 1 saturated carbocycles. The highest BCUT2D eigenvalue weighted by Gasteiger charge is 2.38. The maximum Gasteiger partial charge on any atom is 0.191 e. The lowest BCUT2D eigenvalue weighted by molar-refractivity contribution is 0.0376. The molecule has 29 heavy (non-hydrogen) atoms. The van der Waals surface area contributed by atoms with Gasteiger partial charge in [0.05, 0.1) is 19.8 Å². The fourth-order valence-corrected chi connectivity index (χ4v) is 5.63. The molecular formula is C21H42IN5OS. The van der Waals surface area contributed by atoms with Crippen molar-refractivity contribution in [2.45, 2.75) is 51.0 Å². The molecule has 0 bridgehead atoms. The second-order valence-electron chi connectivity index (χ2n) is 8.31.